The zero-order valence-electron chi connectivity index (χ0n) is 35.6. The van der Waals surface area contributed by atoms with Gasteiger partial charge in [-0.3, -0.25) is 9.79 Å². The topological polar surface area (TPSA) is 174 Å². The zero-order chi connectivity index (χ0) is 43.6. The van der Waals surface area contributed by atoms with Crippen LogP contribution in [0.3, 0.4) is 0 Å². The SMILES string of the molecule is CC(CCCC=CC(=O)CCc1ccc(O)c(OCCc2ccc(O)c(C3CC([O-])=C4C=CN=C4CC#Cc4cc(C(N)N)ccc43)c2)c1)C1CCC(CO)c2ccccc2C1. The first-order chi connectivity index (χ1) is 30.1. The number of unbranched alkanes of at least 4 members (excludes halogenated alkanes) is 1. The first-order valence-electron chi connectivity index (χ1n) is 22.0. The van der Waals surface area contributed by atoms with Gasteiger partial charge in [-0.25, -0.2) is 0 Å². The third-order valence-corrected chi connectivity index (χ3v) is 12.8. The number of nitrogens with zero attached hydrogens (tertiary/aromatic N) is 1. The molecule has 4 atom stereocenters. The Morgan fingerprint density at radius 1 is 0.952 bits per heavy atom. The van der Waals surface area contributed by atoms with E-state index < -0.39 is 12.1 Å². The van der Waals surface area contributed by atoms with Crippen molar-refractivity contribution in [1.29, 1.82) is 0 Å². The summed E-state index contributed by atoms with van der Waals surface area (Å²) in [4.78, 5) is 17.2. The summed E-state index contributed by atoms with van der Waals surface area (Å²) in [6.07, 6.45) is 14.3. The summed E-state index contributed by atoms with van der Waals surface area (Å²) in [6.45, 7) is 2.78. The Morgan fingerprint density at radius 3 is 2.58 bits per heavy atom. The highest BCUT2D eigenvalue weighted by Gasteiger charge is 2.27. The maximum atomic E-state index is 13.7. The van der Waals surface area contributed by atoms with Gasteiger partial charge in [0.2, 0.25) is 0 Å². The van der Waals surface area contributed by atoms with Crippen molar-refractivity contribution < 1.29 is 30.0 Å². The Bertz CT molecular complexity index is 2430. The molecule has 0 fully saturated rings. The van der Waals surface area contributed by atoms with Crippen LogP contribution in [0.15, 0.2) is 120 Å². The fraction of sp³-hybridized carbons (Fsp3) is 0.358. The van der Waals surface area contributed by atoms with Crippen LogP contribution in [0.25, 0.3) is 0 Å². The molecule has 0 saturated heterocycles. The number of ketones is 1. The molecular formula is C53H58N3O6-. The van der Waals surface area contributed by atoms with Gasteiger partial charge in [0.1, 0.15) is 5.75 Å². The maximum absolute atomic E-state index is 13.7. The Morgan fingerprint density at radius 2 is 1.76 bits per heavy atom. The quantitative estimate of drug-likeness (QED) is 0.0248. The van der Waals surface area contributed by atoms with Gasteiger partial charge in [0, 0.05) is 48.6 Å². The third-order valence-electron chi connectivity index (χ3n) is 12.8. The molecule has 9 nitrogen and oxygen atoms in total. The van der Waals surface area contributed by atoms with E-state index in [0.29, 0.717) is 71.2 Å². The van der Waals surface area contributed by atoms with Crippen LogP contribution in [-0.2, 0) is 24.1 Å². The number of aromatic hydroxyl groups is 2. The van der Waals surface area contributed by atoms with Crippen LogP contribution in [-0.4, -0.2) is 40.0 Å². The minimum absolute atomic E-state index is 0.0116. The molecule has 0 bridgehead atoms. The molecule has 0 amide bonds. The Kier molecular flexibility index (Phi) is 14.8. The molecule has 0 saturated carbocycles. The molecule has 2 aliphatic carbocycles. The van der Waals surface area contributed by atoms with Crippen LogP contribution >= 0.6 is 0 Å². The van der Waals surface area contributed by atoms with Crippen molar-refractivity contribution in [3.63, 3.8) is 0 Å². The van der Waals surface area contributed by atoms with Crippen molar-refractivity contribution in [2.75, 3.05) is 13.2 Å². The lowest BCUT2D eigenvalue weighted by Crippen LogP contribution is -2.21. The van der Waals surface area contributed by atoms with Crippen LogP contribution in [0.1, 0.15) is 121 Å². The highest BCUT2D eigenvalue weighted by molar-refractivity contribution is 6.06. The van der Waals surface area contributed by atoms with Crippen molar-refractivity contribution >= 4 is 11.5 Å². The molecule has 7 N–H and O–H groups in total. The van der Waals surface area contributed by atoms with Crippen molar-refractivity contribution in [3.8, 4) is 29.1 Å². The van der Waals surface area contributed by atoms with Gasteiger partial charge in [-0.15, -0.1) is 5.76 Å². The highest BCUT2D eigenvalue weighted by atomic mass is 16.5. The number of aryl methyl sites for hydroxylation is 1. The number of phenols is 2. The maximum Gasteiger partial charge on any atom is 0.161 e. The Balaban J connectivity index is 0.926. The van der Waals surface area contributed by atoms with Crippen LogP contribution in [0.2, 0.25) is 0 Å². The van der Waals surface area contributed by atoms with E-state index in [1.807, 2.05) is 42.5 Å². The average Bonchev–Trinajstić information content (AvgIpc) is 3.66. The second-order valence-corrected chi connectivity index (χ2v) is 17.0. The summed E-state index contributed by atoms with van der Waals surface area (Å²) in [5.41, 5.74) is 20.4. The fourth-order valence-corrected chi connectivity index (χ4v) is 9.12. The molecule has 9 heteroatoms. The molecule has 4 unspecified atom stereocenters. The number of carbonyl (C=O) groups is 1. The lowest BCUT2D eigenvalue weighted by molar-refractivity contribution is -0.307. The molecule has 62 heavy (non-hydrogen) atoms. The molecule has 0 radical (unpaired) electrons. The van der Waals surface area contributed by atoms with Gasteiger partial charge in [0.25, 0.3) is 0 Å². The van der Waals surface area contributed by atoms with E-state index in [-0.39, 0.29) is 48.6 Å². The minimum atomic E-state index is -0.697. The molecule has 0 aromatic heterocycles. The molecule has 322 valence electrons. The average molecular weight is 833 g/mol. The number of allylic oxidation sites excluding steroid dienone is 5. The molecule has 0 spiro atoms. The van der Waals surface area contributed by atoms with Crippen LogP contribution in [0, 0.1) is 23.7 Å². The number of fused-ring (bicyclic) bond motifs is 3. The summed E-state index contributed by atoms with van der Waals surface area (Å²) in [5, 5.41) is 45.6. The number of benzene rings is 4. The van der Waals surface area contributed by atoms with E-state index in [9.17, 15) is 25.2 Å². The lowest BCUT2D eigenvalue weighted by Gasteiger charge is -2.27. The largest absolute Gasteiger partial charge is 0.875 e. The fourth-order valence-electron chi connectivity index (χ4n) is 9.12. The predicted octanol–water partition coefficient (Wildman–Crippen LogP) is 8.09. The number of nitrogens with two attached hydrogens (primary N) is 2. The van der Waals surface area contributed by atoms with Gasteiger partial charge >= 0.3 is 0 Å². The van der Waals surface area contributed by atoms with Crippen LogP contribution in [0.4, 0.5) is 0 Å². The van der Waals surface area contributed by atoms with E-state index >= 15 is 0 Å². The molecule has 1 heterocycles. The van der Waals surface area contributed by atoms with Crippen LogP contribution < -0.4 is 21.3 Å². The summed E-state index contributed by atoms with van der Waals surface area (Å²) in [6, 6.07) is 24.7. The van der Waals surface area contributed by atoms with Gasteiger partial charge in [-0.2, -0.15) is 0 Å². The molecule has 4 aromatic carbocycles. The van der Waals surface area contributed by atoms with Crippen molar-refractivity contribution in [1.82, 2.24) is 0 Å². The highest BCUT2D eigenvalue weighted by Crippen LogP contribution is 2.40. The second kappa shape index (κ2) is 20.8. The van der Waals surface area contributed by atoms with Gasteiger partial charge in [-0.05, 0) is 132 Å². The van der Waals surface area contributed by atoms with Gasteiger partial charge in [0.15, 0.2) is 17.3 Å². The summed E-state index contributed by atoms with van der Waals surface area (Å²) in [7, 11) is 0. The first kappa shape index (κ1) is 44.1. The summed E-state index contributed by atoms with van der Waals surface area (Å²) in [5.74, 6) is 7.67. The molecule has 1 aliphatic heterocycles. The van der Waals surface area contributed by atoms with E-state index in [0.717, 1.165) is 55.2 Å². The Hall–Kier alpha value is -5.92. The number of carbonyl (C=O) groups excluding carboxylic acids is 1. The predicted molar refractivity (Wildman–Crippen MR) is 243 cm³/mol. The number of rotatable bonds is 16. The number of hydrogen-bond acceptors (Lipinski definition) is 9. The van der Waals surface area contributed by atoms with Crippen LogP contribution in [0.5, 0.6) is 17.2 Å². The monoisotopic (exact) mass is 832 g/mol. The minimum Gasteiger partial charge on any atom is -0.875 e. The van der Waals surface area contributed by atoms with Crippen molar-refractivity contribution in [2.45, 2.75) is 95.6 Å². The number of aliphatic hydroxyl groups excluding tert-OH is 1. The number of hydrogen-bond donors (Lipinski definition) is 5. The molecule has 3 aliphatic rings. The molecule has 7 rings (SSSR count). The lowest BCUT2D eigenvalue weighted by atomic mass is 9.82. The second-order valence-electron chi connectivity index (χ2n) is 17.0. The standard InChI is InChI=1S/C53H59N3O6/c1-34(37-17-18-41(33-57)43-12-6-5-9-38(43)30-37)8-3-2-4-11-42(58)20-14-35-16-23-50(60)52(29-35)62-27-25-36-15-22-49(59)47(28-36)46-32-51(61)45-24-26-56-48(45)13-7-10-39-31-40(53(54)55)19-21-44(39)46/h4-6,9,11-12,15-16,19,21-24,26,28-29,31,34,37,41,46,53,57,59-61H,2-3,8,13-14,17-18,20,25,27,30,32-33,54-55H2,1H3/p-1. The van der Waals surface area contributed by atoms with Crippen molar-refractivity contribution in [3.05, 3.63) is 159 Å². The van der Waals surface area contributed by atoms with E-state index in [4.69, 9.17) is 16.2 Å². The number of aliphatic hydroxyl groups is 1. The Labute approximate surface area is 365 Å². The van der Waals surface area contributed by atoms with Gasteiger partial charge in [-0.1, -0.05) is 85.9 Å². The summed E-state index contributed by atoms with van der Waals surface area (Å²) >= 11 is 0. The third kappa shape index (κ3) is 10.9. The van der Waals surface area contributed by atoms with E-state index in [1.165, 1.54) is 11.1 Å². The number of phenolic OH excluding ortho intramolecular Hbond substituents is 2. The smallest absolute Gasteiger partial charge is 0.161 e. The first-order valence-corrected chi connectivity index (χ1v) is 22.0. The normalized spacial score (nSPS) is 18.9. The molecular weight excluding hydrogens is 775 g/mol. The van der Waals surface area contributed by atoms with Crippen molar-refractivity contribution in [2.24, 2.45) is 28.3 Å². The van der Waals surface area contributed by atoms with E-state index in [2.05, 4.69) is 48.0 Å². The van der Waals surface area contributed by atoms with E-state index in [1.54, 1.807) is 36.6 Å². The van der Waals surface area contributed by atoms with Gasteiger partial charge < -0.3 is 36.6 Å². The number of aliphatic imine (C=N–C) groups is 1. The molecule has 4 aromatic rings. The summed E-state index contributed by atoms with van der Waals surface area (Å²) < 4.78 is 6.07. The number of ether oxygens (including phenoxy) is 1. The van der Waals surface area contributed by atoms with Gasteiger partial charge in [0.05, 0.1) is 24.9 Å². The zero-order valence-corrected chi connectivity index (χ0v) is 35.6.